The topological polar surface area (TPSA) is 60.5 Å². The zero-order valence-electron chi connectivity index (χ0n) is 13.1. The van der Waals surface area contributed by atoms with Gasteiger partial charge in [0, 0.05) is 17.7 Å². The van der Waals surface area contributed by atoms with Crippen LogP contribution in [0.15, 0.2) is 30.5 Å². The number of rotatable bonds is 6. The van der Waals surface area contributed by atoms with E-state index in [0.29, 0.717) is 24.5 Å². The maximum atomic E-state index is 12.4. The Morgan fingerprint density at radius 1 is 1.48 bits per heavy atom. The van der Waals surface area contributed by atoms with Crippen LogP contribution in [0.2, 0.25) is 0 Å². The van der Waals surface area contributed by atoms with Crippen LogP contribution < -0.4 is 10.1 Å². The molecule has 3 rings (SSSR count). The van der Waals surface area contributed by atoms with Gasteiger partial charge in [-0.05, 0) is 31.9 Å². The number of amides is 1. The van der Waals surface area contributed by atoms with Crippen LogP contribution in [0.5, 0.6) is 5.75 Å². The van der Waals surface area contributed by atoms with E-state index >= 15 is 0 Å². The first-order valence-electron chi connectivity index (χ1n) is 7.75. The van der Waals surface area contributed by atoms with Gasteiger partial charge in [-0.2, -0.15) is 0 Å². The first kappa shape index (κ1) is 16.0. The molecule has 0 saturated carbocycles. The number of hydrogen-bond donors (Lipinski definition) is 1. The lowest BCUT2D eigenvalue weighted by molar-refractivity contribution is 0.0670. The molecule has 1 aromatic carbocycles. The highest BCUT2D eigenvalue weighted by molar-refractivity contribution is 7.11. The van der Waals surface area contributed by atoms with E-state index in [2.05, 4.69) is 10.3 Å². The van der Waals surface area contributed by atoms with Crippen LogP contribution in [0.1, 0.15) is 33.1 Å². The second-order valence-electron chi connectivity index (χ2n) is 5.47. The third kappa shape index (κ3) is 4.30. The van der Waals surface area contributed by atoms with Crippen molar-refractivity contribution < 1.29 is 14.3 Å². The molecule has 1 aromatic heterocycles. The number of ether oxygens (including phenoxy) is 2. The van der Waals surface area contributed by atoms with Gasteiger partial charge < -0.3 is 14.8 Å². The van der Waals surface area contributed by atoms with Gasteiger partial charge in [0.1, 0.15) is 12.4 Å². The Kier molecular flexibility index (Phi) is 5.25. The number of aromatic nitrogens is 1. The van der Waals surface area contributed by atoms with Crippen LogP contribution in [0.25, 0.3) is 0 Å². The molecule has 122 valence electrons. The minimum atomic E-state index is -0.140. The highest BCUT2D eigenvalue weighted by Crippen LogP contribution is 2.20. The van der Waals surface area contributed by atoms with Gasteiger partial charge in [0.05, 0.1) is 23.2 Å². The average molecular weight is 332 g/mol. The van der Waals surface area contributed by atoms with Gasteiger partial charge in [-0.3, -0.25) is 4.79 Å². The molecule has 1 saturated heterocycles. The van der Waals surface area contributed by atoms with Crippen LogP contribution in [-0.4, -0.2) is 30.2 Å². The molecule has 1 atom stereocenters. The Balaban J connectivity index is 1.60. The van der Waals surface area contributed by atoms with Crippen LogP contribution in [0, 0.1) is 6.92 Å². The van der Waals surface area contributed by atoms with Gasteiger partial charge in [-0.25, -0.2) is 4.98 Å². The number of nitrogens with zero attached hydrogens (tertiary/aromatic N) is 1. The predicted molar refractivity (Wildman–Crippen MR) is 88.9 cm³/mol. The highest BCUT2D eigenvalue weighted by Gasteiger charge is 2.18. The van der Waals surface area contributed by atoms with Crippen molar-refractivity contribution in [1.29, 1.82) is 0 Å². The molecule has 0 spiro atoms. The van der Waals surface area contributed by atoms with E-state index in [1.165, 1.54) is 0 Å². The Bertz CT molecular complexity index is 665. The van der Waals surface area contributed by atoms with Crippen molar-refractivity contribution in [3.63, 3.8) is 0 Å². The molecule has 5 nitrogen and oxygen atoms in total. The zero-order chi connectivity index (χ0) is 16.1. The van der Waals surface area contributed by atoms with E-state index in [9.17, 15) is 4.79 Å². The summed E-state index contributed by atoms with van der Waals surface area (Å²) in [5.41, 5.74) is 0.548. The number of carbonyl (C=O) groups is 1. The van der Waals surface area contributed by atoms with Crippen molar-refractivity contribution in [1.82, 2.24) is 10.3 Å². The van der Waals surface area contributed by atoms with E-state index in [0.717, 1.165) is 29.3 Å². The average Bonchev–Trinajstić information content (AvgIpc) is 3.22. The molecule has 1 aliphatic heterocycles. The molecule has 23 heavy (non-hydrogen) atoms. The fourth-order valence-corrected chi connectivity index (χ4v) is 3.22. The monoisotopic (exact) mass is 332 g/mol. The second kappa shape index (κ2) is 7.57. The summed E-state index contributed by atoms with van der Waals surface area (Å²) in [6, 6.07) is 7.30. The molecule has 1 fully saturated rings. The normalized spacial score (nSPS) is 17.2. The lowest BCUT2D eigenvalue weighted by Crippen LogP contribution is -2.24. The van der Waals surface area contributed by atoms with E-state index in [-0.39, 0.29) is 12.0 Å². The van der Waals surface area contributed by atoms with Crippen molar-refractivity contribution in [2.45, 2.75) is 32.4 Å². The zero-order valence-corrected chi connectivity index (χ0v) is 13.9. The lowest BCUT2D eigenvalue weighted by atomic mass is 10.2. The maximum absolute atomic E-state index is 12.4. The molecule has 0 bridgehead atoms. The van der Waals surface area contributed by atoms with Crippen molar-refractivity contribution in [2.24, 2.45) is 0 Å². The highest BCUT2D eigenvalue weighted by atomic mass is 32.1. The molecule has 1 aliphatic rings. The smallest absolute Gasteiger partial charge is 0.255 e. The van der Waals surface area contributed by atoms with E-state index in [1.54, 1.807) is 23.6 Å². The molecular formula is C17H20N2O3S. The summed E-state index contributed by atoms with van der Waals surface area (Å²) < 4.78 is 11.4. The number of nitrogens with one attached hydrogen (secondary N) is 1. The van der Waals surface area contributed by atoms with E-state index in [1.807, 2.05) is 25.1 Å². The van der Waals surface area contributed by atoms with Crippen molar-refractivity contribution >= 4 is 17.2 Å². The van der Waals surface area contributed by atoms with Crippen LogP contribution in [0.3, 0.4) is 0 Å². The largest absolute Gasteiger partial charge is 0.490 e. The number of carbonyl (C=O) groups excluding carboxylic acids is 1. The van der Waals surface area contributed by atoms with Gasteiger partial charge in [-0.15, -0.1) is 11.3 Å². The lowest BCUT2D eigenvalue weighted by Gasteiger charge is -2.14. The summed E-state index contributed by atoms with van der Waals surface area (Å²) >= 11 is 1.58. The third-order valence-corrected chi connectivity index (χ3v) is 4.59. The molecule has 0 radical (unpaired) electrons. The predicted octanol–water partition coefficient (Wildman–Crippen LogP) is 2.94. The summed E-state index contributed by atoms with van der Waals surface area (Å²) in [6.45, 7) is 3.71. The summed E-state index contributed by atoms with van der Waals surface area (Å²) in [4.78, 5) is 17.6. The van der Waals surface area contributed by atoms with Crippen LogP contribution >= 0.6 is 11.3 Å². The van der Waals surface area contributed by atoms with Gasteiger partial charge in [-0.1, -0.05) is 12.1 Å². The third-order valence-electron chi connectivity index (χ3n) is 3.67. The van der Waals surface area contributed by atoms with Gasteiger partial charge in [0.25, 0.3) is 5.91 Å². The summed E-state index contributed by atoms with van der Waals surface area (Å²) in [5.74, 6) is 0.458. The SMILES string of the molecule is Cc1ncc(CNC(=O)c2ccccc2OCC2CCCO2)s1. The van der Waals surface area contributed by atoms with Crippen molar-refractivity contribution in [2.75, 3.05) is 13.2 Å². The second-order valence-corrected chi connectivity index (χ2v) is 6.79. The Morgan fingerprint density at radius 2 is 2.35 bits per heavy atom. The van der Waals surface area contributed by atoms with Crippen LogP contribution in [0.4, 0.5) is 0 Å². The van der Waals surface area contributed by atoms with Gasteiger partial charge in [0.2, 0.25) is 0 Å². The fraction of sp³-hybridized carbons (Fsp3) is 0.412. The Hall–Kier alpha value is -1.92. The van der Waals surface area contributed by atoms with Gasteiger partial charge in [0.15, 0.2) is 0 Å². The molecule has 0 aliphatic carbocycles. The minimum Gasteiger partial charge on any atom is -0.490 e. The van der Waals surface area contributed by atoms with Crippen molar-refractivity contribution in [3.05, 3.63) is 45.9 Å². The minimum absolute atomic E-state index is 0.131. The summed E-state index contributed by atoms with van der Waals surface area (Å²) in [5, 5.41) is 3.91. The number of hydrogen-bond acceptors (Lipinski definition) is 5. The molecule has 1 unspecified atom stereocenters. The number of aryl methyl sites for hydroxylation is 1. The van der Waals surface area contributed by atoms with E-state index < -0.39 is 0 Å². The fourth-order valence-electron chi connectivity index (χ4n) is 2.49. The molecule has 2 heterocycles. The van der Waals surface area contributed by atoms with Crippen LogP contribution in [-0.2, 0) is 11.3 Å². The van der Waals surface area contributed by atoms with E-state index in [4.69, 9.17) is 9.47 Å². The molecule has 1 N–H and O–H groups in total. The number of para-hydroxylation sites is 1. The maximum Gasteiger partial charge on any atom is 0.255 e. The first-order valence-corrected chi connectivity index (χ1v) is 8.57. The molecule has 6 heteroatoms. The number of thiazole rings is 1. The summed E-state index contributed by atoms with van der Waals surface area (Å²) in [7, 11) is 0. The van der Waals surface area contributed by atoms with Crippen molar-refractivity contribution in [3.8, 4) is 5.75 Å². The van der Waals surface area contributed by atoms with Gasteiger partial charge >= 0.3 is 0 Å². The number of benzene rings is 1. The quantitative estimate of drug-likeness (QED) is 0.883. The first-order chi connectivity index (χ1) is 11.2. The standard InChI is InChI=1S/C17H20N2O3S/c1-12-18-9-14(23-12)10-19-17(20)15-6-2-3-7-16(15)22-11-13-5-4-8-21-13/h2-3,6-7,9,13H,4-5,8,10-11H2,1H3,(H,19,20). The molecular weight excluding hydrogens is 312 g/mol. The summed E-state index contributed by atoms with van der Waals surface area (Å²) in [6.07, 6.45) is 4.01. The Labute approximate surface area is 139 Å². The molecule has 2 aromatic rings. The Morgan fingerprint density at radius 3 is 3.09 bits per heavy atom. The molecule has 1 amide bonds.